The van der Waals surface area contributed by atoms with Crippen molar-refractivity contribution in [2.45, 2.75) is 168 Å². The molecule has 0 aliphatic carbocycles. The number of hydrogen-bond acceptors (Lipinski definition) is 6. The van der Waals surface area contributed by atoms with E-state index in [4.69, 9.17) is 18.5 Å². The zero-order valence-corrected chi connectivity index (χ0v) is 32.2. The van der Waals surface area contributed by atoms with Crippen LogP contribution in [0, 0.1) is 0 Å². The average Bonchev–Trinajstić information content (AvgIpc) is 3.01. The maximum Gasteiger partial charge on any atom is 0.472 e. The van der Waals surface area contributed by atoms with Crippen LogP contribution in [0.15, 0.2) is 24.5 Å². The van der Waals surface area contributed by atoms with Gasteiger partial charge in [0.1, 0.15) is 19.8 Å². The fourth-order valence-electron chi connectivity index (χ4n) is 5.03. The number of hydrogen-bond donors (Lipinski definition) is 1. The number of quaternary nitrogens is 1. The van der Waals surface area contributed by atoms with Crippen LogP contribution in [-0.4, -0.2) is 69.0 Å². The second-order valence-corrected chi connectivity index (χ2v) is 15.5. The second-order valence-electron chi connectivity index (χ2n) is 14.0. The number of carbonyl (C=O) groups excluding carboxylic acids is 1. The summed E-state index contributed by atoms with van der Waals surface area (Å²) in [5, 5.41) is 0. The third-order valence-corrected chi connectivity index (χ3v) is 9.06. The van der Waals surface area contributed by atoms with Crippen molar-refractivity contribution in [3.8, 4) is 0 Å². The number of ether oxygens (including phenoxy) is 2. The summed E-state index contributed by atoms with van der Waals surface area (Å²) in [5.74, 6) is -0.347. The molecule has 0 rings (SSSR count). The molecule has 2 atom stereocenters. The van der Waals surface area contributed by atoms with Crippen molar-refractivity contribution in [3.63, 3.8) is 0 Å². The topological polar surface area (TPSA) is 91.3 Å². The van der Waals surface area contributed by atoms with E-state index in [2.05, 4.69) is 26.0 Å². The number of allylic oxidation sites excluding steroid dienone is 3. The number of carbonyl (C=O) groups is 1. The van der Waals surface area contributed by atoms with E-state index in [0.717, 1.165) is 44.9 Å². The van der Waals surface area contributed by atoms with Crippen LogP contribution < -0.4 is 0 Å². The number of phosphoric acid groups is 1. The number of likely N-dealkylation sites (N-methyl/N-ethyl adjacent to an activating group) is 1. The lowest BCUT2D eigenvalue weighted by molar-refractivity contribution is -0.870. The second kappa shape index (κ2) is 32.0. The molecule has 0 amide bonds. The van der Waals surface area contributed by atoms with Gasteiger partial charge < -0.3 is 18.9 Å². The summed E-state index contributed by atoms with van der Waals surface area (Å²) >= 11 is 0. The number of rotatable bonds is 35. The van der Waals surface area contributed by atoms with Crippen LogP contribution in [0.25, 0.3) is 0 Å². The van der Waals surface area contributed by atoms with Crippen LogP contribution >= 0.6 is 7.82 Å². The molecule has 0 aliphatic rings. The van der Waals surface area contributed by atoms with Crippen molar-refractivity contribution in [1.29, 1.82) is 0 Å². The summed E-state index contributed by atoms with van der Waals surface area (Å²) in [5.41, 5.74) is 0. The van der Waals surface area contributed by atoms with E-state index >= 15 is 0 Å². The van der Waals surface area contributed by atoms with E-state index in [1.54, 1.807) is 6.26 Å². The Morgan fingerprint density at radius 3 is 1.70 bits per heavy atom. The van der Waals surface area contributed by atoms with E-state index in [-0.39, 0.29) is 25.8 Å². The maximum atomic E-state index is 12.6. The Labute approximate surface area is 290 Å². The molecule has 0 saturated heterocycles. The Hall–Kier alpha value is -1.18. The number of nitrogens with zero attached hydrogens (tertiary/aromatic N) is 1. The summed E-state index contributed by atoms with van der Waals surface area (Å²) in [6, 6.07) is 0. The highest BCUT2D eigenvalue weighted by Gasteiger charge is 2.26. The minimum atomic E-state index is -4.28. The molecule has 1 N–H and O–H groups in total. The van der Waals surface area contributed by atoms with Gasteiger partial charge in [-0.05, 0) is 44.6 Å². The van der Waals surface area contributed by atoms with Crippen LogP contribution in [0.4, 0.5) is 0 Å². The molecule has 278 valence electrons. The standard InChI is InChI=1S/C38H74NO7P/c1-6-8-10-12-14-16-18-19-20-22-24-26-28-30-33-43-35-37(36-45-47(41,42)44-34-32-39(3,4)5)46-38(40)31-29-27-25-23-21-17-15-13-11-9-7-2/h13,15,30,33,37H,6-12,14,16-29,31-32,34-36H2,1-5H3/p+1/b15-13-,33-30-/t37-/m1/s1. The summed E-state index contributed by atoms with van der Waals surface area (Å²) in [6.07, 6.45) is 34.4. The van der Waals surface area contributed by atoms with Gasteiger partial charge in [0.2, 0.25) is 0 Å². The van der Waals surface area contributed by atoms with E-state index in [1.807, 2.05) is 27.2 Å². The van der Waals surface area contributed by atoms with E-state index in [9.17, 15) is 14.3 Å². The third kappa shape index (κ3) is 35.9. The molecule has 0 aromatic heterocycles. The number of unbranched alkanes of at least 4 members (excludes halogenated alkanes) is 19. The summed E-state index contributed by atoms with van der Waals surface area (Å²) < 4.78 is 34.5. The molecule has 0 spiro atoms. The minimum absolute atomic E-state index is 0.0470. The minimum Gasteiger partial charge on any atom is -0.498 e. The van der Waals surface area contributed by atoms with Gasteiger partial charge in [0.05, 0.1) is 34.0 Å². The lowest BCUT2D eigenvalue weighted by Gasteiger charge is -2.24. The molecule has 0 saturated carbocycles. The Morgan fingerprint density at radius 2 is 1.15 bits per heavy atom. The predicted octanol–water partition coefficient (Wildman–Crippen LogP) is 10.8. The summed E-state index contributed by atoms with van der Waals surface area (Å²) in [6.45, 7) is 4.87. The van der Waals surface area contributed by atoms with Crippen molar-refractivity contribution in [2.24, 2.45) is 0 Å². The first kappa shape index (κ1) is 45.8. The van der Waals surface area contributed by atoms with Crippen molar-refractivity contribution in [1.82, 2.24) is 0 Å². The molecule has 1 unspecified atom stereocenters. The van der Waals surface area contributed by atoms with Crippen LogP contribution in [0.3, 0.4) is 0 Å². The van der Waals surface area contributed by atoms with Gasteiger partial charge in [-0.3, -0.25) is 13.8 Å². The van der Waals surface area contributed by atoms with Crippen molar-refractivity contribution in [2.75, 3.05) is 47.5 Å². The molecule has 9 heteroatoms. The van der Waals surface area contributed by atoms with Crippen molar-refractivity contribution in [3.05, 3.63) is 24.5 Å². The first-order chi connectivity index (χ1) is 22.6. The van der Waals surface area contributed by atoms with Gasteiger partial charge in [-0.2, -0.15) is 0 Å². The van der Waals surface area contributed by atoms with Gasteiger partial charge in [-0.15, -0.1) is 0 Å². The molecule has 8 nitrogen and oxygen atoms in total. The van der Waals surface area contributed by atoms with Gasteiger partial charge in [0.15, 0.2) is 6.10 Å². The van der Waals surface area contributed by atoms with Crippen molar-refractivity contribution < 1.29 is 37.3 Å². The predicted molar refractivity (Wildman–Crippen MR) is 196 cm³/mol. The Bertz CT molecular complexity index is 812. The first-order valence-corrected chi connectivity index (χ1v) is 20.6. The molecule has 47 heavy (non-hydrogen) atoms. The Kier molecular flexibility index (Phi) is 31.2. The molecule has 0 fully saturated rings. The molecule has 0 aromatic carbocycles. The van der Waals surface area contributed by atoms with Crippen LogP contribution in [0.5, 0.6) is 0 Å². The fourth-order valence-corrected chi connectivity index (χ4v) is 5.77. The third-order valence-electron chi connectivity index (χ3n) is 8.08. The molecule has 0 aromatic rings. The van der Waals surface area contributed by atoms with Gasteiger partial charge in [-0.1, -0.05) is 129 Å². The normalized spacial score (nSPS) is 14.2. The highest BCUT2D eigenvalue weighted by Crippen LogP contribution is 2.43. The van der Waals surface area contributed by atoms with Gasteiger partial charge >= 0.3 is 13.8 Å². The lowest BCUT2D eigenvalue weighted by Crippen LogP contribution is -2.37. The van der Waals surface area contributed by atoms with E-state index < -0.39 is 13.9 Å². The Balaban J connectivity index is 4.36. The van der Waals surface area contributed by atoms with Crippen LogP contribution in [-0.2, 0) is 27.9 Å². The molecule has 0 radical (unpaired) electrons. The number of esters is 1. The van der Waals surface area contributed by atoms with Gasteiger partial charge in [0, 0.05) is 6.42 Å². The highest BCUT2D eigenvalue weighted by molar-refractivity contribution is 7.47. The monoisotopic (exact) mass is 689 g/mol. The zero-order chi connectivity index (χ0) is 34.9. The first-order valence-electron chi connectivity index (χ1n) is 19.1. The molecular weight excluding hydrogens is 613 g/mol. The fraction of sp³-hybridized carbons (Fsp3) is 0.868. The van der Waals surface area contributed by atoms with E-state index in [1.165, 1.54) is 96.3 Å². The van der Waals surface area contributed by atoms with Gasteiger partial charge in [0.25, 0.3) is 0 Å². The lowest BCUT2D eigenvalue weighted by atomic mass is 10.0. The molecular formula is C38H75NO7P+. The average molecular weight is 689 g/mol. The van der Waals surface area contributed by atoms with E-state index in [0.29, 0.717) is 17.4 Å². The SMILES string of the molecule is CCCC/C=C\CCCCCCCC(=O)O[C@H](CO/C=C\CCCCCCCCCCCCCC)COP(=O)(O)OCC[N+](C)(C)C. The maximum absolute atomic E-state index is 12.6. The summed E-state index contributed by atoms with van der Waals surface area (Å²) in [4.78, 5) is 22.7. The highest BCUT2D eigenvalue weighted by atomic mass is 31.2. The smallest absolute Gasteiger partial charge is 0.472 e. The van der Waals surface area contributed by atoms with Crippen LogP contribution in [0.2, 0.25) is 0 Å². The van der Waals surface area contributed by atoms with Crippen molar-refractivity contribution >= 4 is 13.8 Å². The largest absolute Gasteiger partial charge is 0.498 e. The molecule has 0 heterocycles. The summed E-state index contributed by atoms with van der Waals surface area (Å²) in [7, 11) is 1.63. The Morgan fingerprint density at radius 1 is 0.660 bits per heavy atom. The zero-order valence-electron chi connectivity index (χ0n) is 31.3. The molecule has 0 bridgehead atoms. The molecule has 0 aliphatic heterocycles. The van der Waals surface area contributed by atoms with Gasteiger partial charge in [-0.25, -0.2) is 4.57 Å². The number of phosphoric ester groups is 1. The quantitative estimate of drug-likeness (QED) is 0.0177. The van der Waals surface area contributed by atoms with Crippen LogP contribution in [0.1, 0.15) is 162 Å².